The van der Waals surface area contributed by atoms with E-state index >= 15 is 0 Å². The minimum absolute atomic E-state index is 0. The van der Waals surface area contributed by atoms with Gasteiger partial charge in [-0.15, -0.1) is 12.4 Å². The minimum Gasteiger partial charge on any atom is -0.438 e. The first-order chi connectivity index (χ1) is 13.7. The maximum atomic E-state index is 9.33. The quantitative estimate of drug-likeness (QED) is 0.659. The molecule has 7 heteroatoms. The van der Waals surface area contributed by atoms with Crippen LogP contribution in [-0.4, -0.2) is 16.5 Å². The summed E-state index contributed by atoms with van der Waals surface area (Å²) in [6.07, 6.45) is 0.810. The number of hydrogen-bond donors (Lipinski definition) is 2. The molecule has 0 spiro atoms. The van der Waals surface area contributed by atoms with Gasteiger partial charge in [0, 0.05) is 12.1 Å². The summed E-state index contributed by atoms with van der Waals surface area (Å²) in [5.74, 6) is 1.82. The van der Waals surface area contributed by atoms with Gasteiger partial charge in [-0.1, -0.05) is 30.3 Å². The highest BCUT2D eigenvalue weighted by Gasteiger charge is 2.20. The number of halogens is 1. The smallest absolute Gasteiger partial charge is 0.230 e. The van der Waals surface area contributed by atoms with Gasteiger partial charge < -0.3 is 15.4 Å². The van der Waals surface area contributed by atoms with Crippen molar-refractivity contribution < 1.29 is 4.74 Å². The number of fused-ring (bicyclic) bond motifs is 1. The molecule has 3 aromatic rings. The predicted octanol–water partition coefficient (Wildman–Crippen LogP) is 4.57. The Kier molecular flexibility index (Phi) is 6.32. The Balaban J connectivity index is 0.00000240. The van der Waals surface area contributed by atoms with Crippen LogP contribution in [0.3, 0.4) is 0 Å². The Morgan fingerprint density at radius 2 is 1.83 bits per heavy atom. The van der Waals surface area contributed by atoms with Crippen molar-refractivity contribution in [2.75, 3.05) is 11.9 Å². The lowest BCUT2D eigenvalue weighted by molar-refractivity contribution is 0.441. The first-order valence-corrected chi connectivity index (χ1v) is 9.26. The summed E-state index contributed by atoms with van der Waals surface area (Å²) in [6.45, 7) is 5.58. The number of benzene rings is 2. The second-order valence-corrected chi connectivity index (χ2v) is 6.81. The largest absolute Gasteiger partial charge is 0.438 e. The molecule has 0 fully saturated rings. The van der Waals surface area contributed by atoms with Crippen LogP contribution in [0.5, 0.6) is 11.6 Å². The Morgan fingerprint density at radius 1 is 1.07 bits per heavy atom. The number of hydrogen-bond acceptors (Lipinski definition) is 6. The van der Waals surface area contributed by atoms with Crippen molar-refractivity contribution in [1.29, 1.82) is 5.26 Å². The van der Waals surface area contributed by atoms with Gasteiger partial charge in [-0.2, -0.15) is 10.2 Å². The number of para-hydroxylation sites is 2. The van der Waals surface area contributed by atoms with Gasteiger partial charge in [0.15, 0.2) is 0 Å². The maximum Gasteiger partial charge on any atom is 0.230 e. The van der Waals surface area contributed by atoms with E-state index < -0.39 is 0 Å². The molecule has 2 heterocycles. The Labute approximate surface area is 176 Å². The molecule has 2 aromatic carbocycles. The number of rotatable bonds is 4. The van der Waals surface area contributed by atoms with Crippen LogP contribution in [0.15, 0.2) is 42.5 Å². The number of aromatic nitrogens is 2. The fourth-order valence-corrected chi connectivity index (χ4v) is 3.33. The molecule has 0 unspecified atom stereocenters. The second-order valence-electron chi connectivity index (χ2n) is 6.81. The molecule has 0 aliphatic carbocycles. The Hall–Kier alpha value is -3.14. The first-order valence-electron chi connectivity index (χ1n) is 9.26. The number of anilines is 2. The molecule has 0 bridgehead atoms. The van der Waals surface area contributed by atoms with Crippen LogP contribution in [0, 0.1) is 25.2 Å². The topological polar surface area (TPSA) is 82.9 Å². The maximum absolute atomic E-state index is 9.33. The average molecular weight is 408 g/mol. The highest BCUT2D eigenvalue weighted by Crippen LogP contribution is 2.33. The lowest BCUT2D eigenvalue weighted by Crippen LogP contribution is -2.26. The highest BCUT2D eigenvalue weighted by atomic mass is 35.5. The van der Waals surface area contributed by atoms with Crippen molar-refractivity contribution >= 4 is 24.0 Å². The minimum atomic E-state index is 0. The molecular weight excluding hydrogens is 386 g/mol. The van der Waals surface area contributed by atoms with Crippen molar-refractivity contribution in [2.24, 2.45) is 0 Å². The predicted molar refractivity (Wildman–Crippen MR) is 115 cm³/mol. The van der Waals surface area contributed by atoms with Gasteiger partial charge in [0.05, 0.1) is 16.9 Å². The summed E-state index contributed by atoms with van der Waals surface area (Å²) < 4.78 is 6.29. The van der Waals surface area contributed by atoms with Gasteiger partial charge in [-0.05, 0) is 50.1 Å². The number of nitrogens with zero attached hydrogens (tertiary/aromatic N) is 3. The molecule has 0 atom stereocenters. The van der Waals surface area contributed by atoms with E-state index in [1.807, 2.05) is 50.2 Å². The van der Waals surface area contributed by atoms with E-state index in [0.717, 1.165) is 41.1 Å². The molecular formula is C22H22ClN5O. The van der Waals surface area contributed by atoms with Gasteiger partial charge in [0.2, 0.25) is 11.8 Å². The molecule has 4 rings (SSSR count). The summed E-state index contributed by atoms with van der Waals surface area (Å²) in [6, 6.07) is 15.6. The summed E-state index contributed by atoms with van der Waals surface area (Å²) in [4.78, 5) is 9.31. The Bertz CT molecular complexity index is 1060. The van der Waals surface area contributed by atoms with Crippen LogP contribution in [0.2, 0.25) is 0 Å². The molecule has 1 aliphatic rings. The number of ether oxygens (including phenoxy) is 1. The Morgan fingerprint density at radius 3 is 2.59 bits per heavy atom. The van der Waals surface area contributed by atoms with Crippen molar-refractivity contribution in [3.8, 4) is 17.7 Å². The van der Waals surface area contributed by atoms with E-state index in [0.29, 0.717) is 29.6 Å². The number of nitriles is 1. The number of nitrogens with one attached hydrogen (secondary N) is 2. The van der Waals surface area contributed by atoms with Crippen LogP contribution in [-0.2, 0) is 13.0 Å². The van der Waals surface area contributed by atoms with E-state index in [1.54, 1.807) is 6.07 Å². The zero-order valence-electron chi connectivity index (χ0n) is 16.3. The molecule has 1 aromatic heterocycles. The van der Waals surface area contributed by atoms with Crippen LogP contribution < -0.4 is 15.4 Å². The van der Waals surface area contributed by atoms with Crippen LogP contribution in [0.25, 0.3) is 0 Å². The number of aryl methyl sites for hydroxylation is 2. The summed E-state index contributed by atoms with van der Waals surface area (Å²) in [5, 5.41) is 15.9. The van der Waals surface area contributed by atoms with E-state index in [2.05, 4.69) is 26.7 Å². The van der Waals surface area contributed by atoms with Crippen molar-refractivity contribution in [3.05, 3.63) is 70.4 Å². The molecule has 0 saturated carbocycles. The first kappa shape index (κ1) is 20.6. The summed E-state index contributed by atoms with van der Waals surface area (Å²) >= 11 is 0. The fourth-order valence-electron chi connectivity index (χ4n) is 3.33. The lowest BCUT2D eigenvalue weighted by Gasteiger charge is -2.21. The molecule has 0 radical (unpaired) electrons. The van der Waals surface area contributed by atoms with E-state index in [4.69, 9.17) is 4.74 Å². The fraction of sp³-hybridized carbons (Fsp3) is 0.227. The van der Waals surface area contributed by atoms with E-state index in [1.165, 1.54) is 0 Å². The SMILES string of the molecule is Cc1cccc(C)c1Oc1nc(Nc2ccccc2C#N)nc2c1CCNC2.Cl. The molecule has 1 aliphatic heterocycles. The van der Waals surface area contributed by atoms with E-state index in [9.17, 15) is 5.26 Å². The van der Waals surface area contributed by atoms with Crippen LogP contribution in [0.1, 0.15) is 27.9 Å². The standard InChI is InChI=1S/C22H21N5O.ClH/c1-14-6-5-7-15(2)20(14)28-21-17-10-11-24-13-19(17)26-22(27-21)25-18-9-4-3-8-16(18)12-23;/h3-9,24H,10-11,13H2,1-2H3,(H,25,26,27);1H. The molecule has 0 amide bonds. The third kappa shape index (κ3) is 4.32. The molecule has 2 N–H and O–H groups in total. The van der Waals surface area contributed by atoms with Crippen molar-refractivity contribution in [1.82, 2.24) is 15.3 Å². The van der Waals surface area contributed by atoms with Crippen molar-refractivity contribution in [2.45, 2.75) is 26.8 Å². The lowest BCUT2D eigenvalue weighted by atomic mass is 10.1. The molecule has 29 heavy (non-hydrogen) atoms. The zero-order valence-corrected chi connectivity index (χ0v) is 17.1. The van der Waals surface area contributed by atoms with Crippen molar-refractivity contribution in [3.63, 3.8) is 0 Å². The summed E-state index contributed by atoms with van der Waals surface area (Å²) in [7, 11) is 0. The van der Waals surface area contributed by atoms with Crippen LogP contribution in [0.4, 0.5) is 11.6 Å². The monoisotopic (exact) mass is 407 g/mol. The third-order valence-electron chi connectivity index (χ3n) is 4.80. The molecule has 0 saturated heterocycles. The molecule has 148 valence electrons. The van der Waals surface area contributed by atoms with Crippen LogP contribution >= 0.6 is 12.4 Å². The summed E-state index contributed by atoms with van der Waals surface area (Å²) in [5.41, 5.74) is 5.28. The van der Waals surface area contributed by atoms with Gasteiger partial charge in [0.25, 0.3) is 0 Å². The highest BCUT2D eigenvalue weighted by molar-refractivity contribution is 5.85. The van der Waals surface area contributed by atoms with E-state index in [-0.39, 0.29) is 12.4 Å². The zero-order chi connectivity index (χ0) is 19.5. The van der Waals surface area contributed by atoms with Gasteiger partial charge in [-0.3, -0.25) is 0 Å². The van der Waals surface area contributed by atoms with Gasteiger partial charge >= 0.3 is 0 Å². The molecule has 6 nitrogen and oxygen atoms in total. The van der Waals surface area contributed by atoms with Gasteiger partial charge in [-0.25, -0.2) is 4.98 Å². The average Bonchev–Trinajstić information content (AvgIpc) is 2.71. The normalized spacial score (nSPS) is 12.3. The van der Waals surface area contributed by atoms with Gasteiger partial charge in [0.1, 0.15) is 11.8 Å². The third-order valence-corrected chi connectivity index (χ3v) is 4.80. The second kappa shape index (κ2) is 8.91.